The van der Waals surface area contributed by atoms with Crippen molar-refractivity contribution in [3.8, 4) is 0 Å². The average Bonchev–Trinajstić information content (AvgIpc) is 3.14. The van der Waals surface area contributed by atoms with Crippen LogP contribution in [0.5, 0.6) is 0 Å². The molecule has 0 radical (unpaired) electrons. The van der Waals surface area contributed by atoms with Crippen molar-refractivity contribution in [1.29, 1.82) is 0 Å². The molecule has 2 aromatic carbocycles. The van der Waals surface area contributed by atoms with Crippen molar-refractivity contribution in [1.82, 2.24) is 0 Å². The fourth-order valence-corrected chi connectivity index (χ4v) is 19.7. The maximum atomic E-state index is 7.54. The van der Waals surface area contributed by atoms with Crippen LogP contribution >= 0.6 is 17.0 Å². The number of halogens is 2. The van der Waals surface area contributed by atoms with E-state index in [-0.39, 0.29) is 7.25 Å². The standard InChI is InChI=1S/2C12H13.2ClH.Zr/c2*1-8-6-11-9(2)4-5-10(3)12(11)7-8;;;/h2*4-7H,1-3H3;2*1H;/q;;;;+2/p-2. The van der Waals surface area contributed by atoms with E-state index in [0.717, 1.165) is 0 Å². The molecule has 0 saturated heterocycles. The molecule has 2 aliphatic carbocycles. The first kappa shape index (κ1) is 19.7. The molecular weight excluding hydrogens is 450 g/mol. The minimum atomic E-state index is -3.70. The van der Waals surface area contributed by atoms with Crippen LogP contribution in [0.15, 0.2) is 35.4 Å². The van der Waals surface area contributed by atoms with Gasteiger partial charge in [-0.1, -0.05) is 0 Å². The van der Waals surface area contributed by atoms with Crippen molar-refractivity contribution in [2.45, 2.75) is 48.8 Å². The second kappa shape index (κ2) is 6.72. The molecule has 0 aromatic heterocycles. The monoisotopic (exact) mass is 474 g/mol. The Morgan fingerprint density at radius 2 is 0.926 bits per heavy atom. The Morgan fingerprint density at radius 3 is 1.30 bits per heavy atom. The fourth-order valence-electron chi connectivity index (χ4n) is 5.09. The zero-order chi connectivity index (χ0) is 19.7. The van der Waals surface area contributed by atoms with Crippen LogP contribution in [0, 0.1) is 27.7 Å². The van der Waals surface area contributed by atoms with Gasteiger partial charge in [0.1, 0.15) is 0 Å². The van der Waals surface area contributed by atoms with Gasteiger partial charge in [-0.15, -0.1) is 0 Å². The zero-order valence-corrected chi connectivity index (χ0v) is 20.8. The van der Waals surface area contributed by atoms with Crippen molar-refractivity contribution in [2.75, 3.05) is 0 Å². The summed E-state index contributed by atoms with van der Waals surface area (Å²) in [5.41, 5.74) is 13.4. The van der Waals surface area contributed by atoms with Gasteiger partial charge in [-0.25, -0.2) is 0 Å². The van der Waals surface area contributed by atoms with Crippen molar-refractivity contribution in [3.05, 3.63) is 79.9 Å². The number of rotatable bonds is 2. The molecule has 0 spiro atoms. The molecule has 2 unspecified atom stereocenters. The van der Waals surface area contributed by atoms with Gasteiger partial charge in [0.15, 0.2) is 0 Å². The quantitative estimate of drug-likeness (QED) is 0.412. The number of hydrogen-bond acceptors (Lipinski definition) is 0. The molecule has 0 fully saturated rings. The molecule has 0 amide bonds. The molecule has 0 bridgehead atoms. The maximum absolute atomic E-state index is 7.54. The summed E-state index contributed by atoms with van der Waals surface area (Å²) in [4.78, 5) is 0. The molecule has 0 heterocycles. The van der Waals surface area contributed by atoms with Crippen molar-refractivity contribution >= 4 is 29.2 Å². The summed E-state index contributed by atoms with van der Waals surface area (Å²) < 4.78 is 0.411. The van der Waals surface area contributed by atoms with Gasteiger partial charge < -0.3 is 0 Å². The van der Waals surface area contributed by atoms with E-state index in [1.54, 1.807) is 0 Å². The van der Waals surface area contributed by atoms with Gasteiger partial charge in [0.2, 0.25) is 0 Å². The predicted octanol–water partition coefficient (Wildman–Crippen LogP) is 8.00. The van der Waals surface area contributed by atoms with Crippen LogP contribution in [0.1, 0.15) is 65.6 Å². The third-order valence-corrected chi connectivity index (χ3v) is 19.1. The van der Waals surface area contributed by atoms with E-state index in [1.165, 1.54) is 55.7 Å². The summed E-state index contributed by atoms with van der Waals surface area (Å²) >= 11 is -3.70. The van der Waals surface area contributed by atoms with Gasteiger partial charge >= 0.3 is 176 Å². The Morgan fingerprint density at radius 1 is 0.593 bits per heavy atom. The SMILES string of the molecule is CC1=Cc2c(C)ccc(C)c2[CH]1[Zr]([Cl])([Cl])[CH]1C(C)=Cc2c(C)ccc(C)c21. The molecule has 27 heavy (non-hydrogen) atoms. The summed E-state index contributed by atoms with van der Waals surface area (Å²) in [5, 5.41) is 0. The Kier molecular flexibility index (Phi) is 4.90. The van der Waals surface area contributed by atoms with E-state index >= 15 is 0 Å². The molecule has 140 valence electrons. The third-order valence-electron chi connectivity index (χ3n) is 6.45. The van der Waals surface area contributed by atoms with Crippen LogP contribution in [-0.4, -0.2) is 0 Å². The molecule has 2 atom stereocenters. The topological polar surface area (TPSA) is 0 Å². The van der Waals surface area contributed by atoms with Gasteiger partial charge in [-0.2, -0.15) is 0 Å². The molecule has 0 aliphatic heterocycles. The van der Waals surface area contributed by atoms with Crippen molar-refractivity contribution in [3.63, 3.8) is 0 Å². The minimum absolute atomic E-state index is 0.205. The molecule has 2 aliphatic rings. The van der Waals surface area contributed by atoms with Crippen LogP contribution < -0.4 is 0 Å². The Labute approximate surface area is 174 Å². The summed E-state index contributed by atoms with van der Waals surface area (Å²) in [6, 6.07) is 8.88. The van der Waals surface area contributed by atoms with Crippen LogP contribution in [0.3, 0.4) is 0 Å². The van der Waals surface area contributed by atoms with E-state index in [0.29, 0.717) is 0 Å². The summed E-state index contributed by atoms with van der Waals surface area (Å²) in [6.45, 7) is 13.2. The van der Waals surface area contributed by atoms with Crippen molar-refractivity contribution in [2.24, 2.45) is 0 Å². The summed E-state index contributed by atoms with van der Waals surface area (Å²) in [6.07, 6.45) is 4.66. The number of benzene rings is 2. The number of hydrogen-bond donors (Lipinski definition) is 0. The van der Waals surface area contributed by atoms with E-state index in [2.05, 4.69) is 78.0 Å². The Balaban J connectivity index is 1.91. The van der Waals surface area contributed by atoms with Crippen LogP contribution in [0.25, 0.3) is 12.2 Å². The molecule has 0 N–H and O–H groups in total. The first-order valence-electron chi connectivity index (χ1n) is 9.59. The first-order valence-corrected chi connectivity index (χ1v) is 18.8. The second-order valence-electron chi connectivity index (χ2n) is 8.37. The van der Waals surface area contributed by atoms with Gasteiger partial charge in [0.25, 0.3) is 0 Å². The van der Waals surface area contributed by atoms with E-state index in [4.69, 9.17) is 17.0 Å². The number of fused-ring (bicyclic) bond motifs is 2. The van der Waals surface area contributed by atoms with Crippen LogP contribution in [0.2, 0.25) is 0 Å². The number of allylic oxidation sites excluding steroid dienone is 2. The molecule has 2 aromatic rings. The van der Waals surface area contributed by atoms with E-state index in [1.807, 2.05) is 0 Å². The van der Waals surface area contributed by atoms with E-state index in [9.17, 15) is 0 Å². The first-order chi connectivity index (χ1) is 12.6. The summed E-state index contributed by atoms with van der Waals surface area (Å²) in [7, 11) is 15.1. The van der Waals surface area contributed by atoms with Crippen LogP contribution in [0.4, 0.5) is 0 Å². The fraction of sp³-hybridized carbons (Fsp3) is 0.333. The van der Waals surface area contributed by atoms with E-state index < -0.39 is 17.9 Å². The molecule has 0 nitrogen and oxygen atoms in total. The van der Waals surface area contributed by atoms with Crippen molar-refractivity contribution < 1.29 is 17.9 Å². The second-order valence-corrected chi connectivity index (χ2v) is 23.1. The Hall–Kier alpha value is -0.617. The van der Waals surface area contributed by atoms with Gasteiger partial charge in [-0.3, -0.25) is 0 Å². The zero-order valence-electron chi connectivity index (χ0n) is 16.9. The van der Waals surface area contributed by atoms with Gasteiger partial charge in [-0.05, 0) is 0 Å². The predicted molar refractivity (Wildman–Crippen MR) is 116 cm³/mol. The normalized spacial score (nSPS) is 21.0. The van der Waals surface area contributed by atoms with Gasteiger partial charge in [0, 0.05) is 0 Å². The third kappa shape index (κ3) is 2.88. The van der Waals surface area contributed by atoms with Gasteiger partial charge in [0.05, 0.1) is 0 Å². The molecular formula is C24H26Cl2Zr. The molecule has 4 rings (SSSR count). The molecule has 0 saturated carbocycles. The summed E-state index contributed by atoms with van der Waals surface area (Å²) in [5.74, 6) is 0. The average molecular weight is 477 g/mol. The molecule has 3 heteroatoms. The Bertz CT molecular complexity index is 946. The number of aryl methyl sites for hydroxylation is 4. The van der Waals surface area contributed by atoms with Crippen LogP contribution in [-0.2, 0) is 17.9 Å².